The highest BCUT2D eigenvalue weighted by Gasteiger charge is 2.41. The Morgan fingerprint density at radius 3 is 2.37 bits per heavy atom. The summed E-state index contributed by atoms with van der Waals surface area (Å²) >= 11 is 0. The summed E-state index contributed by atoms with van der Waals surface area (Å²) in [5, 5.41) is 9.36. The Balaban J connectivity index is 1.67. The highest BCUT2D eigenvalue weighted by Crippen LogP contribution is 2.48. The van der Waals surface area contributed by atoms with E-state index in [4.69, 9.17) is 0 Å². The zero-order valence-electron chi connectivity index (χ0n) is 10.7. The fourth-order valence-corrected chi connectivity index (χ4v) is 3.82. The van der Waals surface area contributed by atoms with Crippen LogP contribution in [0, 0.1) is 17.8 Å². The van der Waals surface area contributed by atoms with Gasteiger partial charge in [0.2, 0.25) is 10.0 Å². The fraction of sp³-hybridized carbons (Fsp3) is 0.571. The minimum absolute atomic E-state index is 0.0242. The van der Waals surface area contributed by atoms with E-state index in [9.17, 15) is 13.5 Å². The standard InChI is InChI=1S/C14H19NO3S/c16-12-2-1-3-13(8-12)19(17,18)15-9-14(10-4-5-10)11-6-7-11/h1-3,8,10-11,14-16H,4-7,9H2. The number of hydrogen-bond acceptors (Lipinski definition) is 3. The molecule has 104 valence electrons. The van der Waals surface area contributed by atoms with E-state index < -0.39 is 10.0 Å². The summed E-state index contributed by atoms with van der Waals surface area (Å²) in [5.41, 5.74) is 0. The number of aromatic hydroxyl groups is 1. The number of rotatable bonds is 6. The van der Waals surface area contributed by atoms with Crippen molar-refractivity contribution in [3.8, 4) is 5.75 Å². The average Bonchev–Trinajstić information content (AvgIpc) is 3.23. The van der Waals surface area contributed by atoms with Gasteiger partial charge in [0.25, 0.3) is 0 Å². The number of phenols is 1. The molecule has 0 bridgehead atoms. The quantitative estimate of drug-likeness (QED) is 0.839. The van der Waals surface area contributed by atoms with Gasteiger partial charge in [-0.3, -0.25) is 0 Å². The average molecular weight is 281 g/mol. The van der Waals surface area contributed by atoms with E-state index in [2.05, 4.69) is 4.72 Å². The molecular formula is C14H19NO3S. The van der Waals surface area contributed by atoms with Gasteiger partial charge in [0.05, 0.1) is 4.90 Å². The van der Waals surface area contributed by atoms with Crippen molar-refractivity contribution in [1.29, 1.82) is 0 Å². The first-order valence-electron chi connectivity index (χ1n) is 6.85. The summed E-state index contributed by atoms with van der Waals surface area (Å²) in [6.45, 7) is 0.535. The van der Waals surface area contributed by atoms with Crippen LogP contribution >= 0.6 is 0 Å². The van der Waals surface area contributed by atoms with Crippen LogP contribution in [0.4, 0.5) is 0 Å². The van der Waals surface area contributed by atoms with Crippen molar-refractivity contribution in [2.75, 3.05) is 6.54 Å². The smallest absolute Gasteiger partial charge is 0.240 e. The molecule has 0 heterocycles. The first-order chi connectivity index (χ1) is 9.06. The Hall–Kier alpha value is -1.07. The monoisotopic (exact) mass is 281 g/mol. The first-order valence-corrected chi connectivity index (χ1v) is 8.33. The summed E-state index contributed by atoms with van der Waals surface area (Å²) in [6, 6.07) is 5.80. The molecule has 0 unspecified atom stereocenters. The van der Waals surface area contributed by atoms with Gasteiger partial charge in [0.1, 0.15) is 5.75 Å². The van der Waals surface area contributed by atoms with Gasteiger partial charge in [-0.25, -0.2) is 13.1 Å². The zero-order chi connectivity index (χ0) is 13.5. The minimum atomic E-state index is -3.50. The fourth-order valence-electron chi connectivity index (χ4n) is 2.71. The van der Waals surface area contributed by atoms with Crippen LogP contribution in [-0.2, 0) is 10.0 Å². The molecule has 4 nitrogen and oxygen atoms in total. The van der Waals surface area contributed by atoms with Gasteiger partial charge < -0.3 is 5.11 Å². The van der Waals surface area contributed by atoms with Crippen LogP contribution in [0.1, 0.15) is 25.7 Å². The van der Waals surface area contributed by atoms with E-state index in [0.717, 1.165) is 11.8 Å². The Morgan fingerprint density at radius 2 is 1.84 bits per heavy atom. The van der Waals surface area contributed by atoms with Gasteiger partial charge in [-0.15, -0.1) is 0 Å². The Morgan fingerprint density at radius 1 is 1.21 bits per heavy atom. The lowest BCUT2D eigenvalue weighted by molar-refractivity contribution is 0.401. The Kier molecular flexibility index (Phi) is 3.27. The lowest BCUT2D eigenvalue weighted by Crippen LogP contribution is -2.31. The van der Waals surface area contributed by atoms with Crippen molar-refractivity contribution < 1.29 is 13.5 Å². The molecule has 1 aromatic carbocycles. The van der Waals surface area contributed by atoms with E-state index in [-0.39, 0.29) is 10.6 Å². The molecule has 0 spiro atoms. The molecular weight excluding hydrogens is 262 g/mol. The second-order valence-electron chi connectivity index (χ2n) is 5.69. The molecule has 5 heteroatoms. The third-order valence-corrected chi connectivity index (χ3v) is 5.51. The molecule has 0 atom stereocenters. The summed E-state index contributed by atoms with van der Waals surface area (Å²) < 4.78 is 27.0. The number of phenolic OH excluding ortho intramolecular Hbond substituents is 1. The third-order valence-electron chi connectivity index (χ3n) is 4.09. The molecule has 3 rings (SSSR count). The van der Waals surface area contributed by atoms with Crippen LogP contribution in [0.15, 0.2) is 29.2 Å². The number of sulfonamides is 1. The van der Waals surface area contributed by atoms with Crippen molar-refractivity contribution in [3.63, 3.8) is 0 Å². The highest BCUT2D eigenvalue weighted by atomic mass is 32.2. The van der Waals surface area contributed by atoms with Crippen molar-refractivity contribution in [2.24, 2.45) is 17.8 Å². The second kappa shape index (κ2) is 4.80. The third kappa shape index (κ3) is 3.09. The van der Waals surface area contributed by atoms with Crippen LogP contribution in [0.2, 0.25) is 0 Å². The predicted octanol–water partition coefficient (Wildman–Crippen LogP) is 2.11. The van der Waals surface area contributed by atoms with Crippen LogP contribution in [0.25, 0.3) is 0 Å². The molecule has 0 aliphatic heterocycles. The van der Waals surface area contributed by atoms with E-state index in [1.54, 1.807) is 6.07 Å². The SMILES string of the molecule is O=S(=O)(NCC(C1CC1)C1CC1)c1cccc(O)c1. The molecule has 19 heavy (non-hydrogen) atoms. The van der Waals surface area contributed by atoms with E-state index in [1.807, 2.05) is 0 Å². The Bertz CT molecular complexity index is 550. The van der Waals surface area contributed by atoms with Crippen LogP contribution in [0.3, 0.4) is 0 Å². The Labute approximate surface area is 113 Å². The summed E-state index contributed by atoms with van der Waals surface area (Å²) in [4.78, 5) is 0.137. The highest BCUT2D eigenvalue weighted by molar-refractivity contribution is 7.89. The molecule has 0 aromatic heterocycles. The van der Waals surface area contributed by atoms with Crippen molar-refractivity contribution in [3.05, 3.63) is 24.3 Å². The minimum Gasteiger partial charge on any atom is -0.508 e. The van der Waals surface area contributed by atoms with Gasteiger partial charge in [0.15, 0.2) is 0 Å². The van der Waals surface area contributed by atoms with Gasteiger partial charge in [-0.2, -0.15) is 0 Å². The summed E-state index contributed by atoms with van der Waals surface area (Å²) in [5.74, 6) is 1.93. The van der Waals surface area contributed by atoms with E-state index in [1.165, 1.54) is 43.9 Å². The predicted molar refractivity (Wildman–Crippen MR) is 72.2 cm³/mol. The lowest BCUT2D eigenvalue weighted by atomic mass is 9.99. The van der Waals surface area contributed by atoms with Gasteiger partial charge in [-0.05, 0) is 61.6 Å². The zero-order valence-corrected chi connectivity index (χ0v) is 11.6. The molecule has 0 radical (unpaired) electrons. The lowest BCUT2D eigenvalue weighted by Gasteiger charge is -2.16. The second-order valence-corrected chi connectivity index (χ2v) is 7.45. The largest absolute Gasteiger partial charge is 0.508 e. The van der Waals surface area contributed by atoms with Crippen LogP contribution in [0.5, 0.6) is 5.75 Å². The number of nitrogens with one attached hydrogen (secondary N) is 1. The first kappa shape index (κ1) is 12.9. The summed E-state index contributed by atoms with van der Waals surface area (Å²) in [7, 11) is -3.50. The van der Waals surface area contributed by atoms with Crippen molar-refractivity contribution >= 4 is 10.0 Å². The number of hydrogen-bond donors (Lipinski definition) is 2. The van der Waals surface area contributed by atoms with Crippen molar-refractivity contribution in [1.82, 2.24) is 4.72 Å². The van der Waals surface area contributed by atoms with Crippen LogP contribution in [-0.4, -0.2) is 20.1 Å². The molecule has 1 aromatic rings. The molecule has 2 fully saturated rings. The normalized spacial score (nSPS) is 19.8. The maximum atomic E-state index is 12.2. The van der Waals surface area contributed by atoms with Gasteiger partial charge in [0, 0.05) is 6.54 Å². The van der Waals surface area contributed by atoms with E-state index >= 15 is 0 Å². The molecule has 0 amide bonds. The maximum absolute atomic E-state index is 12.2. The molecule has 2 aliphatic rings. The van der Waals surface area contributed by atoms with Gasteiger partial charge >= 0.3 is 0 Å². The summed E-state index contributed by atoms with van der Waals surface area (Å²) in [6.07, 6.45) is 4.98. The van der Waals surface area contributed by atoms with Crippen molar-refractivity contribution in [2.45, 2.75) is 30.6 Å². The topological polar surface area (TPSA) is 66.4 Å². The maximum Gasteiger partial charge on any atom is 0.240 e. The molecule has 2 saturated carbocycles. The van der Waals surface area contributed by atoms with Crippen LogP contribution < -0.4 is 4.72 Å². The molecule has 0 saturated heterocycles. The van der Waals surface area contributed by atoms with Gasteiger partial charge in [-0.1, -0.05) is 6.07 Å². The van der Waals surface area contributed by atoms with E-state index in [0.29, 0.717) is 12.5 Å². The molecule has 2 N–H and O–H groups in total. The molecule has 2 aliphatic carbocycles. The number of benzene rings is 1.